The summed E-state index contributed by atoms with van der Waals surface area (Å²) in [6.07, 6.45) is 0.957. The number of nitrogens with two attached hydrogens (primary N) is 1. The summed E-state index contributed by atoms with van der Waals surface area (Å²) in [5, 5.41) is 20.4. The lowest BCUT2D eigenvalue weighted by Crippen LogP contribution is -1.96. The average molecular weight is 370 g/mol. The van der Waals surface area contributed by atoms with Crippen LogP contribution >= 0.6 is 0 Å². The van der Waals surface area contributed by atoms with Crippen LogP contribution in [0.2, 0.25) is 0 Å². The molecular weight excluding hydrogens is 355 g/mol. The van der Waals surface area contributed by atoms with Gasteiger partial charge in [-0.2, -0.15) is 4.39 Å². The van der Waals surface area contributed by atoms with Crippen LogP contribution < -0.4 is 11.9 Å². The molecule has 0 aromatic heterocycles. The lowest BCUT2D eigenvalue weighted by Gasteiger charge is -1.96. The number of halogens is 1. The Morgan fingerprint density at radius 2 is 1.31 bits per heavy atom. The number of anilines is 1. The molecule has 0 saturated heterocycles. The standard InChI is InChI=1S/C7H4FNO3.C7H6N2O3.H3N.H2O/c2*8-6-2-1-5(4-10)3-7(6)9(11)12;;/h1-4H;1-4H,8H2;1H3;1H2. The van der Waals surface area contributed by atoms with Crippen molar-refractivity contribution in [3.8, 4) is 0 Å². The topological polar surface area (TPSA) is 213 Å². The van der Waals surface area contributed by atoms with Gasteiger partial charge in [0.25, 0.3) is 5.69 Å². The van der Waals surface area contributed by atoms with Crippen molar-refractivity contribution in [1.82, 2.24) is 6.15 Å². The Balaban J connectivity index is 0. The molecule has 0 heterocycles. The third kappa shape index (κ3) is 6.38. The van der Waals surface area contributed by atoms with Gasteiger partial charge in [-0.3, -0.25) is 29.8 Å². The van der Waals surface area contributed by atoms with E-state index in [0.717, 1.165) is 18.2 Å². The molecule has 0 atom stereocenters. The zero-order chi connectivity index (χ0) is 18.3. The van der Waals surface area contributed by atoms with Crippen LogP contribution in [-0.2, 0) is 0 Å². The van der Waals surface area contributed by atoms with E-state index >= 15 is 0 Å². The van der Waals surface area contributed by atoms with Crippen LogP contribution in [0.15, 0.2) is 36.4 Å². The first-order valence-electron chi connectivity index (χ1n) is 6.18. The Hall–Kier alpha value is -3.77. The first kappa shape index (κ1) is 24.5. The summed E-state index contributed by atoms with van der Waals surface area (Å²) in [5.41, 5.74) is 4.76. The highest BCUT2D eigenvalue weighted by Gasteiger charge is 2.13. The highest BCUT2D eigenvalue weighted by molar-refractivity contribution is 5.78. The van der Waals surface area contributed by atoms with Crippen molar-refractivity contribution in [3.05, 3.63) is 73.6 Å². The summed E-state index contributed by atoms with van der Waals surface area (Å²) >= 11 is 0. The summed E-state index contributed by atoms with van der Waals surface area (Å²) in [6.45, 7) is 0. The Morgan fingerprint density at radius 3 is 1.73 bits per heavy atom. The van der Waals surface area contributed by atoms with Crippen molar-refractivity contribution < 1.29 is 29.3 Å². The van der Waals surface area contributed by atoms with E-state index in [2.05, 4.69) is 0 Å². The van der Waals surface area contributed by atoms with Gasteiger partial charge in [0.15, 0.2) is 0 Å². The van der Waals surface area contributed by atoms with Gasteiger partial charge in [-0.1, -0.05) is 0 Å². The maximum atomic E-state index is 12.6. The lowest BCUT2D eigenvalue weighted by molar-refractivity contribution is -0.387. The van der Waals surface area contributed by atoms with Gasteiger partial charge < -0.3 is 17.4 Å². The molecule has 2 aromatic carbocycles. The number of aldehydes is 2. The number of nitro benzene ring substituents is 2. The third-order valence-corrected chi connectivity index (χ3v) is 2.69. The molecule has 0 aliphatic carbocycles. The molecule has 0 unspecified atom stereocenters. The normalized spacial score (nSPS) is 8.65. The molecule has 0 fully saturated rings. The maximum Gasteiger partial charge on any atom is 0.305 e. The minimum atomic E-state index is -0.939. The SMILES string of the molecule is N.Nc1ccc(C=O)cc1[N+](=O)[O-].O.O=Cc1ccc(F)c([N+](=O)[O-])c1. The second-order valence-electron chi connectivity index (χ2n) is 4.28. The van der Waals surface area contributed by atoms with E-state index < -0.39 is 21.4 Å². The number of hydrogen-bond acceptors (Lipinski definition) is 8. The molecule has 0 radical (unpaired) electrons. The molecule has 0 bridgehead atoms. The number of rotatable bonds is 4. The van der Waals surface area contributed by atoms with Crippen LogP contribution in [0.4, 0.5) is 21.5 Å². The van der Waals surface area contributed by atoms with E-state index in [1.54, 1.807) is 0 Å². The number of carbonyl (C=O) groups is 2. The van der Waals surface area contributed by atoms with Crippen LogP contribution in [0, 0.1) is 26.0 Å². The molecule has 0 aliphatic heterocycles. The van der Waals surface area contributed by atoms with E-state index in [1.807, 2.05) is 0 Å². The first-order valence-corrected chi connectivity index (χ1v) is 6.18. The fourth-order valence-electron chi connectivity index (χ4n) is 1.54. The van der Waals surface area contributed by atoms with Crippen LogP contribution in [0.3, 0.4) is 0 Å². The van der Waals surface area contributed by atoms with E-state index in [0.29, 0.717) is 12.6 Å². The number of nitrogens with zero attached hydrogens (tertiary/aromatic N) is 2. The van der Waals surface area contributed by atoms with Crippen LogP contribution in [0.5, 0.6) is 0 Å². The van der Waals surface area contributed by atoms with Crippen molar-refractivity contribution in [2.45, 2.75) is 0 Å². The van der Waals surface area contributed by atoms with Gasteiger partial charge in [0.2, 0.25) is 5.82 Å². The second-order valence-corrected chi connectivity index (χ2v) is 4.28. The fraction of sp³-hybridized carbons (Fsp3) is 0. The lowest BCUT2D eigenvalue weighted by atomic mass is 10.2. The van der Waals surface area contributed by atoms with E-state index in [4.69, 9.17) is 5.73 Å². The van der Waals surface area contributed by atoms with Gasteiger partial charge in [-0.25, -0.2) is 0 Å². The average Bonchev–Trinajstić information content (AvgIpc) is 2.56. The summed E-state index contributed by atoms with van der Waals surface area (Å²) in [5.74, 6) is -0.939. The quantitative estimate of drug-likeness (QED) is 0.349. The van der Waals surface area contributed by atoms with Crippen LogP contribution in [0.1, 0.15) is 20.7 Å². The van der Waals surface area contributed by atoms with Crippen molar-refractivity contribution in [2.24, 2.45) is 0 Å². The summed E-state index contributed by atoms with van der Waals surface area (Å²) in [7, 11) is 0. The van der Waals surface area contributed by atoms with E-state index in [9.17, 15) is 34.2 Å². The Morgan fingerprint density at radius 1 is 0.885 bits per heavy atom. The van der Waals surface area contributed by atoms with Crippen molar-refractivity contribution >= 4 is 29.6 Å². The number of nitrogen functional groups attached to an aromatic ring is 1. The predicted molar refractivity (Wildman–Crippen MR) is 90.0 cm³/mol. The Bertz CT molecular complexity index is 746. The van der Waals surface area contributed by atoms with Gasteiger partial charge in [0, 0.05) is 23.3 Å². The van der Waals surface area contributed by atoms with Gasteiger partial charge in [-0.15, -0.1) is 0 Å². The van der Waals surface area contributed by atoms with Gasteiger partial charge in [-0.05, 0) is 24.3 Å². The molecule has 2 rings (SSSR count). The monoisotopic (exact) mass is 370 g/mol. The van der Waals surface area contributed by atoms with Crippen LogP contribution in [-0.4, -0.2) is 27.9 Å². The van der Waals surface area contributed by atoms with Crippen LogP contribution in [0.25, 0.3) is 0 Å². The van der Waals surface area contributed by atoms with Gasteiger partial charge >= 0.3 is 5.69 Å². The van der Waals surface area contributed by atoms with Crippen molar-refractivity contribution in [3.63, 3.8) is 0 Å². The molecule has 0 amide bonds. The number of hydrogen-bond donors (Lipinski definition) is 2. The molecule has 26 heavy (non-hydrogen) atoms. The maximum absolute atomic E-state index is 12.6. The second kappa shape index (κ2) is 10.9. The largest absolute Gasteiger partial charge is 0.412 e. The molecule has 0 aliphatic rings. The highest BCUT2D eigenvalue weighted by Crippen LogP contribution is 2.21. The predicted octanol–water partition coefficient (Wildman–Crippen LogP) is 1.87. The smallest absolute Gasteiger partial charge is 0.305 e. The molecule has 2 aromatic rings. The molecular formula is C14H15FN4O7. The summed E-state index contributed by atoms with van der Waals surface area (Å²) < 4.78 is 12.6. The molecule has 11 nitrogen and oxygen atoms in total. The molecule has 12 heteroatoms. The van der Waals surface area contributed by atoms with Crippen molar-refractivity contribution in [1.29, 1.82) is 0 Å². The molecule has 0 saturated carbocycles. The Labute approximate surface area is 145 Å². The summed E-state index contributed by atoms with van der Waals surface area (Å²) in [6, 6.07) is 6.86. The fourth-order valence-corrected chi connectivity index (χ4v) is 1.54. The zero-order valence-corrected chi connectivity index (χ0v) is 13.1. The minimum Gasteiger partial charge on any atom is -0.412 e. The highest BCUT2D eigenvalue weighted by atomic mass is 19.1. The van der Waals surface area contributed by atoms with Crippen molar-refractivity contribution in [2.75, 3.05) is 5.73 Å². The van der Waals surface area contributed by atoms with Gasteiger partial charge in [0.05, 0.1) is 9.85 Å². The Kier molecular flexibility index (Phi) is 10.3. The molecule has 7 N–H and O–H groups in total. The van der Waals surface area contributed by atoms with E-state index in [1.165, 1.54) is 18.2 Å². The number of nitro groups is 2. The zero-order valence-electron chi connectivity index (χ0n) is 13.1. The third-order valence-electron chi connectivity index (χ3n) is 2.69. The summed E-state index contributed by atoms with van der Waals surface area (Å²) in [4.78, 5) is 39.3. The molecule has 0 spiro atoms. The minimum absolute atomic E-state index is 0. The van der Waals surface area contributed by atoms with E-state index in [-0.39, 0.29) is 34.1 Å². The molecule has 140 valence electrons. The number of carbonyl (C=O) groups excluding carboxylic acids is 2. The number of benzene rings is 2. The van der Waals surface area contributed by atoms with Gasteiger partial charge in [0.1, 0.15) is 18.3 Å². The first-order chi connectivity index (χ1) is 11.3.